The van der Waals surface area contributed by atoms with E-state index in [2.05, 4.69) is 39.0 Å². The van der Waals surface area contributed by atoms with Gasteiger partial charge < -0.3 is 15.1 Å². The van der Waals surface area contributed by atoms with Crippen LogP contribution in [0.3, 0.4) is 0 Å². The fourth-order valence-electron chi connectivity index (χ4n) is 3.26. The standard InChI is InChI=1S/C20H20FN3.C2H2O4/c21-18-14-20(22-19-9-5-4-8-17(18)19)24-12-10-23(11-13-24)15-16-6-2-1-3-7-16;3-1(4)2(5)6/h1-9,14H,10-13,15H2;(H,3,4)(H,5,6). The monoisotopic (exact) mass is 411 g/mol. The van der Waals surface area contributed by atoms with Crippen LogP contribution in [-0.4, -0.2) is 58.2 Å². The molecule has 156 valence electrons. The molecule has 0 spiro atoms. The van der Waals surface area contributed by atoms with Crippen molar-refractivity contribution in [1.29, 1.82) is 0 Å². The van der Waals surface area contributed by atoms with Crippen molar-refractivity contribution >= 4 is 28.7 Å². The summed E-state index contributed by atoms with van der Waals surface area (Å²) in [4.78, 5) is 27.4. The highest BCUT2D eigenvalue weighted by Gasteiger charge is 2.19. The van der Waals surface area contributed by atoms with Crippen molar-refractivity contribution in [2.24, 2.45) is 0 Å². The van der Waals surface area contributed by atoms with Gasteiger partial charge in [0, 0.05) is 44.2 Å². The van der Waals surface area contributed by atoms with Gasteiger partial charge in [0.15, 0.2) is 0 Å². The third-order valence-electron chi connectivity index (χ3n) is 4.78. The number of nitrogens with zero attached hydrogens (tertiary/aromatic N) is 3. The minimum atomic E-state index is -1.82. The number of anilines is 1. The molecule has 1 aliphatic rings. The van der Waals surface area contributed by atoms with Gasteiger partial charge >= 0.3 is 11.9 Å². The van der Waals surface area contributed by atoms with Crippen LogP contribution in [0.2, 0.25) is 0 Å². The number of carboxylic acid groups (broad SMARTS) is 2. The van der Waals surface area contributed by atoms with Crippen molar-refractivity contribution in [3.05, 3.63) is 72.0 Å². The average Bonchev–Trinajstić information content (AvgIpc) is 2.75. The second-order valence-electron chi connectivity index (χ2n) is 6.84. The lowest BCUT2D eigenvalue weighted by atomic mass is 10.2. The molecule has 0 atom stereocenters. The number of hydrogen-bond acceptors (Lipinski definition) is 5. The normalized spacial score (nSPS) is 14.1. The number of aliphatic carboxylic acids is 2. The number of pyridine rings is 1. The van der Waals surface area contributed by atoms with E-state index in [1.54, 1.807) is 12.1 Å². The molecule has 2 aromatic carbocycles. The number of fused-ring (bicyclic) bond motifs is 1. The van der Waals surface area contributed by atoms with Crippen molar-refractivity contribution < 1.29 is 24.2 Å². The molecule has 1 saturated heterocycles. The van der Waals surface area contributed by atoms with E-state index in [9.17, 15) is 4.39 Å². The molecule has 7 nitrogen and oxygen atoms in total. The van der Waals surface area contributed by atoms with E-state index < -0.39 is 11.9 Å². The Kier molecular flexibility index (Phi) is 6.92. The largest absolute Gasteiger partial charge is 0.473 e. The second kappa shape index (κ2) is 9.80. The smallest absolute Gasteiger partial charge is 0.414 e. The van der Waals surface area contributed by atoms with Crippen molar-refractivity contribution in [1.82, 2.24) is 9.88 Å². The van der Waals surface area contributed by atoms with Crippen molar-refractivity contribution in [3.63, 3.8) is 0 Å². The SMILES string of the molecule is Fc1cc(N2CCN(Cc3ccccc3)CC2)nc2ccccc12.O=C(O)C(=O)O. The lowest BCUT2D eigenvalue weighted by molar-refractivity contribution is -0.159. The van der Waals surface area contributed by atoms with Crippen LogP contribution in [-0.2, 0) is 16.1 Å². The molecule has 0 bridgehead atoms. The third-order valence-corrected chi connectivity index (χ3v) is 4.78. The Hall–Kier alpha value is -3.52. The summed E-state index contributed by atoms with van der Waals surface area (Å²) in [5.74, 6) is -3.10. The molecule has 0 radical (unpaired) electrons. The van der Waals surface area contributed by atoms with Gasteiger partial charge in [-0.2, -0.15) is 0 Å². The summed E-state index contributed by atoms with van der Waals surface area (Å²) < 4.78 is 14.3. The van der Waals surface area contributed by atoms with E-state index in [-0.39, 0.29) is 5.82 Å². The topological polar surface area (TPSA) is 94.0 Å². The number of benzene rings is 2. The Morgan fingerprint density at radius 3 is 2.13 bits per heavy atom. The molecule has 1 aromatic heterocycles. The fourth-order valence-corrected chi connectivity index (χ4v) is 3.26. The number of piperazine rings is 1. The van der Waals surface area contributed by atoms with Gasteiger partial charge in [-0.05, 0) is 17.7 Å². The summed E-state index contributed by atoms with van der Waals surface area (Å²) in [5.41, 5.74) is 2.06. The summed E-state index contributed by atoms with van der Waals surface area (Å²) in [7, 11) is 0. The number of halogens is 1. The van der Waals surface area contributed by atoms with Crippen LogP contribution < -0.4 is 4.90 Å². The maximum absolute atomic E-state index is 14.3. The van der Waals surface area contributed by atoms with Crippen molar-refractivity contribution in [3.8, 4) is 0 Å². The molecule has 30 heavy (non-hydrogen) atoms. The van der Waals surface area contributed by atoms with Crippen LogP contribution in [0.25, 0.3) is 10.9 Å². The first-order valence-electron chi connectivity index (χ1n) is 9.47. The predicted molar refractivity (Wildman–Crippen MR) is 111 cm³/mol. The first kappa shape index (κ1) is 21.2. The van der Waals surface area contributed by atoms with Gasteiger partial charge in [0.1, 0.15) is 11.6 Å². The summed E-state index contributed by atoms with van der Waals surface area (Å²) in [6, 6.07) is 19.5. The molecular formula is C22H22FN3O4. The quantitative estimate of drug-likeness (QED) is 0.640. The molecule has 2 heterocycles. The van der Waals surface area contributed by atoms with Gasteiger partial charge in [0.2, 0.25) is 0 Å². The highest BCUT2D eigenvalue weighted by atomic mass is 19.1. The van der Waals surface area contributed by atoms with Crippen molar-refractivity contribution in [2.75, 3.05) is 31.1 Å². The van der Waals surface area contributed by atoms with Crippen LogP contribution in [0.5, 0.6) is 0 Å². The number of carboxylic acids is 2. The Bertz CT molecular complexity index is 1010. The van der Waals surface area contributed by atoms with E-state index >= 15 is 0 Å². The van der Waals surface area contributed by atoms with Gasteiger partial charge in [-0.3, -0.25) is 4.90 Å². The molecule has 8 heteroatoms. The summed E-state index contributed by atoms with van der Waals surface area (Å²) in [6.07, 6.45) is 0. The number of para-hydroxylation sites is 1. The first-order valence-corrected chi connectivity index (χ1v) is 9.47. The number of rotatable bonds is 3. The second-order valence-corrected chi connectivity index (χ2v) is 6.84. The average molecular weight is 411 g/mol. The van der Waals surface area contributed by atoms with Crippen LogP contribution in [0.1, 0.15) is 5.56 Å². The minimum absolute atomic E-state index is 0.192. The molecule has 2 N–H and O–H groups in total. The lowest BCUT2D eigenvalue weighted by Gasteiger charge is -2.35. The van der Waals surface area contributed by atoms with Gasteiger partial charge in [-0.15, -0.1) is 0 Å². The number of carbonyl (C=O) groups is 2. The molecular weight excluding hydrogens is 389 g/mol. The van der Waals surface area contributed by atoms with E-state index in [1.807, 2.05) is 24.3 Å². The molecule has 3 aromatic rings. The maximum Gasteiger partial charge on any atom is 0.414 e. The van der Waals surface area contributed by atoms with Crippen LogP contribution >= 0.6 is 0 Å². The van der Waals surface area contributed by atoms with Crippen LogP contribution in [0, 0.1) is 5.82 Å². The lowest BCUT2D eigenvalue weighted by Crippen LogP contribution is -2.46. The Morgan fingerprint density at radius 1 is 0.900 bits per heavy atom. The van der Waals surface area contributed by atoms with Gasteiger partial charge in [-0.1, -0.05) is 42.5 Å². The summed E-state index contributed by atoms with van der Waals surface area (Å²) in [6.45, 7) is 4.64. The van der Waals surface area contributed by atoms with Gasteiger partial charge in [-0.25, -0.2) is 19.0 Å². The number of hydrogen-bond donors (Lipinski definition) is 2. The zero-order valence-corrected chi connectivity index (χ0v) is 16.2. The molecule has 1 aliphatic heterocycles. The Morgan fingerprint density at radius 2 is 1.50 bits per heavy atom. The molecule has 4 rings (SSSR count). The molecule has 0 amide bonds. The van der Waals surface area contributed by atoms with Crippen LogP contribution in [0.4, 0.5) is 10.2 Å². The predicted octanol–water partition coefficient (Wildman–Crippen LogP) is 2.85. The van der Waals surface area contributed by atoms with Crippen LogP contribution in [0.15, 0.2) is 60.7 Å². The van der Waals surface area contributed by atoms with Gasteiger partial charge in [0.25, 0.3) is 0 Å². The van der Waals surface area contributed by atoms with Crippen molar-refractivity contribution in [2.45, 2.75) is 6.54 Å². The minimum Gasteiger partial charge on any atom is -0.473 e. The molecule has 1 fully saturated rings. The summed E-state index contributed by atoms with van der Waals surface area (Å²) >= 11 is 0. The molecule has 0 aliphatic carbocycles. The molecule has 0 unspecified atom stereocenters. The highest BCUT2D eigenvalue weighted by molar-refractivity contribution is 6.27. The Balaban J connectivity index is 0.000000377. The number of aromatic nitrogens is 1. The summed E-state index contributed by atoms with van der Waals surface area (Å²) in [5, 5.41) is 15.4. The third kappa shape index (κ3) is 5.51. The van der Waals surface area contributed by atoms with E-state index in [0.717, 1.165) is 44.1 Å². The van der Waals surface area contributed by atoms with E-state index in [4.69, 9.17) is 19.8 Å². The fraction of sp³-hybridized carbons (Fsp3) is 0.227. The zero-order valence-electron chi connectivity index (χ0n) is 16.2. The highest BCUT2D eigenvalue weighted by Crippen LogP contribution is 2.22. The zero-order chi connectivity index (χ0) is 21.5. The Labute approximate surface area is 173 Å². The van der Waals surface area contributed by atoms with E-state index in [1.165, 1.54) is 5.56 Å². The van der Waals surface area contributed by atoms with E-state index in [0.29, 0.717) is 5.39 Å². The van der Waals surface area contributed by atoms with Gasteiger partial charge in [0.05, 0.1) is 5.52 Å². The maximum atomic E-state index is 14.3. The first-order chi connectivity index (χ1) is 14.4. The molecule has 0 saturated carbocycles.